The van der Waals surface area contributed by atoms with Crippen LogP contribution in [0.4, 0.5) is 0 Å². The first-order chi connectivity index (χ1) is 15.4. The molecule has 4 rings (SSSR count). The lowest BCUT2D eigenvalue weighted by atomic mass is 10.0. The Morgan fingerprint density at radius 3 is 2.38 bits per heavy atom. The smallest absolute Gasteiger partial charge is 0.265 e. The summed E-state index contributed by atoms with van der Waals surface area (Å²) in [6.07, 6.45) is 0. The molecular weight excluding hydrogens is 402 g/mol. The van der Waals surface area contributed by atoms with Crippen molar-refractivity contribution in [3.63, 3.8) is 0 Å². The van der Waals surface area contributed by atoms with Gasteiger partial charge in [-0.1, -0.05) is 30.3 Å². The lowest BCUT2D eigenvalue weighted by Crippen LogP contribution is -2.30. The Hall–Kier alpha value is -3.93. The summed E-state index contributed by atoms with van der Waals surface area (Å²) in [5.41, 5.74) is 2.69. The highest BCUT2D eigenvalue weighted by atomic mass is 16.5. The summed E-state index contributed by atoms with van der Waals surface area (Å²) < 4.78 is 7.01. The third-order valence-corrected chi connectivity index (χ3v) is 5.81. The van der Waals surface area contributed by atoms with Crippen LogP contribution in [0.5, 0.6) is 5.75 Å². The number of aryl methyl sites for hydroxylation is 1. The lowest BCUT2D eigenvalue weighted by molar-refractivity contribution is 0.0741. The number of para-hydroxylation sites is 2. The Labute approximate surface area is 186 Å². The van der Waals surface area contributed by atoms with E-state index >= 15 is 0 Å². The fourth-order valence-electron chi connectivity index (χ4n) is 3.90. The predicted molar refractivity (Wildman–Crippen MR) is 126 cm³/mol. The largest absolute Gasteiger partial charge is 0.496 e. The zero-order valence-electron chi connectivity index (χ0n) is 18.6. The van der Waals surface area contributed by atoms with Gasteiger partial charge in [0.05, 0.1) is 29.7 Å². The summed E-state index contributed by atoms with van der Waals surface area (Å²) in [6, 6.07) is 21.8. The molecule has 0 spiro atoms. The van der Waals surface area contributed by atoms with Crippen LogP contribution in [0.25, 0.3) is 16.6 Å². The number of carbonyl (C=O) groups excluding carboxylic acids is 1. The number of ether oxygens (including phenoxy) is 1. The van der Waals surface area contributed by atoms with Crippen molar-refractivity contribution in [2.24, 2.45) is 0 Å². The minimum absolute atomic E-state index is 0.115. The van der Waals surface area contributed by atoms with Gasteiger partial charge in [-0.15, -0.1) is 0 Å². The molecule has 32 heavy (non-hydrogen) atoms. The van der Waals surface area contributed by atoms with Gasteiger partial charge in [0.2, 0.25) is 0 Å². The van der Waals surface area contributed by atoms with Crippen molar-refractivity contribution < 1.29 is 9.53 Å². The Kier molecular flexibility index (Phi) is 5.77. The molecule has 0 radical (unpaired) electrons. The maximum absolute atomic E-state index is 13.1. The highest BCUT2D eigenvalue weighted by Crippen LogP contribution is 2.29. The molecule has 0 bridgehead atoms. The highest BCUT2D eigenvalue weighted by molar-refractivity contribution is 5.94. The van der Waals surface area contributed by atoms with Crippen LogP contribution in [0.2, 0.25) is 0 Å². The van der Waals surface area contributed by atoms with Gasteiger partial charge in [0.1, 0.15) is 11.6 Å². The fraction of sp³-hybridized carbons (Fsp3) is 0.192. The quantitative estimate of drug-likeness (QED) is 0.469. The number of rotatable bonds is 5. The van der Waals surface area contributed by atoms with Crippen molar-refractivity contribution in [2.75, 3.05) is 14.2 Å². The molecule has 0 aliphatic heterocycles. The number of amides is 1. The van der Waals surface area contributed by atoms with Gasteiger partial charge in [0, 0.05) is 18.2 Å². The summed E-state index contributed by atoms with van der Waals surface area (Å²) >= 11 is 0. The first kappa shape index (κ1) is 21.3. The molecule has 1 aromatic heterocycles. The van der Waals surface area contributed by atoms with Gasteiger partial charge in [-0.3, -0.25) is 14.2 Å². The van der Waals surface area contributed by atoms with Gasteiger partial charge in [0.15, 0.2) is 0 Å². The van der Waals surface area contributed by atoms with Crippen LogP contribution in [0.15, 0.2) is 77.6 Å². The minimum Gasteiger partial charge on any atom is -0.496 e. The highest BCUT2D eigenvalue weighted by Gasteiger charge is 2.21. The standard InChI is InChI=1S/C26H25N3O3/c1-17(21-9-6-8-12-24(21)32-4)28(3)25(30)19-13-15-20(16-14-19)29-18(2)27-23-11-7-5-10-22(23)26(29)31/h5-17H,1-4H3. The average Bonchev–Trinajstić information content (AvgIpc) is 2.83. The molecule has 1 atom stereocenters. The molecule has 0 aliphatic rings. The first-order valence-corrected chi connectivity index (χ1v) is 10.4. The predicted octanol–water partition coefficient (Wildman–Crippen LogP) is 4.54. The number of hydrogen-bond acceptors (Lipinski definition) is 4. The van der Waals surface area contributed by atoms with E-state index in [9.17, 15) is 9.59 Å². The molecule has 0 aliphatic carbocycles. The first-order valence-electron chi connectivity index (χ1n) is 10.4. The number of aromatic nitrogens is 2. The molecule has 0 saturated heterocycles. The van der Waals surface area contributed by atoms with Crippen LogP contribution >= 0.6 is 0 Å². The number of fused-ring (bicyclic) bond motifs is 1. The van der Waals surface area contributed by atoms with Crippen LogP contribution in [0.3, 0.4) is 0 Å². The third-order valence-electron chi connectivity index (χ3n) is 5.81. The SMILES string of the molecule is COc1ccccc1C(C)N(C)C(=O)c1ccc(-n2c(C)nc3ccccc3c2=O)cc1. The second-order valence-corrected chi connectivity index (χ2v) is 7.70. The zero-order chi connectivity index (χ0) is 22.8. The number of methoxy groups -OCH3 is 1. The van der Waals surface area contributed by atoms with Gasteiger partial charge >= 0.3 is 0 Å². The van der Waals surface area contributed by atoms with Gasteiger partial charge in [-0.25, -0.2) is 4.98 Å². The van der Waals surface area contributed by atoms with Gasteiger partial charge in [-0.2, -0.15) is 0 Å². The van der Waals surface area contributed by atoms with Gasteiger partial charge in [-0.05, 0) is 56.3 Å². The second kappa shape index (κ2) is 8.67. The Morgan fingerprint density at radius 2 is 1.66 bits per heavy atom. The normalized spacial score (nSPS) is 11.9. The molecule has 1 amide bonds. The lowest BCUT2D eigenvalue weighted by Gasteiger charge is -2.26. The molecule has 6 heteroatoms. The van der Waals surface area contributed by atoms with E-state index in [0.29, 0.717) is 28.0 Å². The third kappa shape index (κ3) is 3.75. The second-order valence-electron chi connectivity index (χ2n) is 7.70. The summed E-state index contributed by atoms with van der Waals surface area (Å²) in [5, 5.41) is 0.559. The molecule has 0 saturated carbocycles. The van der Waals surface area contributed by atoms with E-state index in [2.05, 4.69) is 4.98 Å². The van der Waals surface area contributed by atoms with Crippen LogP contribution < -0.4 is 10.3 Å². The van der Waals surface area contributed by atoms with Crippen LogP contribution in [0, 0.1) is 6.92 Å². The monoisotopic (exact) mass is 427 g/mol. The molecule has 6 nitrogen and oxygen atoms in total. The number of hydrogen-bond donors (Lipinski definition) is 0. The van der Waals surface area contributed by atoms with E-state index in [4.69, 9.17) is 4.74 Å². The maximum Gasteiger partial charge on any atom is 0.265 e. The molecule has 162 valence electrons. The maximum atomic E-state index is 13.1. The number of carbonyl (C=O) groups is 1. The molecule has 1 unspecified atom stereocenters. The van der Waals surface area contributed by atoms with Crippen molar-refractivity contribution >= 4 is 16.8 Å². The fourth-order valence-corrected chi connectivity index (χ4v) is 3.90. The van der Waals surface area contributed by atoms with Crippen LogP contribution in [-0.2, 0) is 0 Å². The number of benzene rings is 3. The van der Waals surface area contributed by atoms with E-state index < -0.39 is 0 Å². The van der Waals surface area contributed by atoms with Crippen molar-refractivity contribution in [3.8, 4) is 11.4 Å². The molecular formula is C26H25N3O3. The van der Waals surface area contributed by atoms with E-state index in [0.717, 1.165) is 11.3 Å². The van der Waals surface area contributed by atoms with Crippen molar-refractivity contribution in [2.45, 2.75) is 19.9 Å². The summed E-state index contributed by atoms with van der Waals surface area (Å²) in [7, 11) is 3.40. The average molecular weight is 428 g/mol. The molecule has 3 aromatic carbocycles. The topological polar surface area (TPSA) is 64.4 Å². The molecule has 0 fully saturated rings. The Morgan fingerprint density at radius 1 is 1.00 bits per heavy atom. The van der Waals surface area contributed by atoms with Crippen molar-refractivity contribution in [1.29, 1.82) is 0 Å². The van der Waals surface area contributed by atoms with E-state index in [1.807, 2.05) is 49.4 Å². The van der Waals surface area contributed by atoms with Gasteiger partial charge in [0.25, 0.3) is 11.5 Å². The molecule has 1 heterocycles. The van der Waals surface area contributed by atoms with E-state index in [-0.39, 0.29) is 17.5 Å². The van der Waals surface area contributed by atoms with Gasteiger partial charge < -0.3 is 9.64 Å². The molecule has 0 N–H and O–H groups in total. The van der Waals surface area contributed by atoms with Crippen molar-refractivity contribution in [3.05, 3.63) is 100 Å². The van der Waals surface area contributed by atoms with Crippen LogP contribution in [0.1, 0.15) is 34.7 Å². The Bertz CT molecular complexity index is 1340. The summed E-state index contributed by atoms with van der Waals surface area (Å²) in [6.45, 7) is 3.77. The summed E-state index contributed by atoms with van der Waals surface area (Å²) in [5.74, 6) is 1.22. The van der Waals surface area contributed by atoms with Crippen molar-refractivity contribution in [1.82, 2.24) is 14.5 Å². The number of nitrogens with zero attached hydrogens (tertiary/aromatic N) is 3. The Balaban J connectivity index is 1.64. The zero-order valence-corrected chi connectivity index (χ0v) is 18.6. The van der Waals surface area contributed by atoms with E-state index in [1.165, 1.54) is 0 Å². The van der Waals surface area contributed by atoms with Crippen LogP contribution in [-0.4, -0.2) is 34.5 Å². The van der Waals surface area contributed by atoms with E-state index in [1.54, 1.807) is 60.9 Å². The minimum atomic E-state index is -0.173. The molecule has 4 aromatic rings. The summed E-state index contributed by atoms with van der Waals surface area (Å²) in [4.78, 5) is 32.4.